The van der Waals surface area contributed by atoms with E-state index in [4.69, 9.17) is 4.74 Å². The number of hydrogen-bond donors (Lipinski definition) is 0. The average Bonchev–Trinajstić information content (AvgIpc) is 3.51. The second-order valence-corrected chi connectivity index (χ2v) is 11.0. The first-order valence-electron chi connectivity index (χ1n) is 11.8. The van der Waals surface area contributed by atoms with Crippen LogP contribution < -0.4 is 0 Å². The summed E-state index contributed by atoms with van der Waals surface area (Å²) in [6.45, 7) is 3.63. The van der Waals surface area contributed by atoms with Crippen molar-refractivity contribution in [1.82, 2.24) is 24.2 Å². The Morgan fingerprint density at radius 3 is 2.63 bits per heavy atom. The fourth-order valence-electron chi connectivity index (χ4n) is 4.80. The summed E-state index contributed by atoms with van der Waals surface area (Å²) in [7, 11) is -3.58. The zero-order valence-corrected chi connectivity index (χ0v) is 20.5. The van der Waals surface area contributed by atoms with E-state index in [1.165, 1.54) is 0 Å². The number of benzene rings is 2. The van der Waals surface area contributed by atoms with Crippen molar-refractivity contribution in [3.63, 3.8) is 0 Å². The van der Waals surface area contributed by atoms with Crippen LogP contribution in [0.15, 0.2) is 65.7 Å². The van der Waals surface area contributed by atoms with Crippen LogP contribution in [-0.2, 0) is 32.6 Å². The van der Waals surface area contributed by atoms with Crippen LogP contribution in [0.25, 0.3) is 0 Å². The number of morpholine rings is 1. The molecule has 0 unspecified atom stereocenters. The Morgan fingerprint density at radius 2 is 1.86 bits per heavy atom. The second-order valence-electron chi connectivity index (χ2n) is 9.12. The highest BCUT2D eigenvalue weighted by molar-refractivity contribution is 7.89. The number of ether oxygens (including phenoxy) is 1. The van der Waals surface area contributed by atoms with Crippen molar-refractivity contribution in [2.75, 3.05) is 19.8 Å². The third-order valence-electron chi connectivity index (χ3n) is 6.65. The molecule has 5 rings (SSSR count). The Bertz CT molecular complexity index is 1280. The number of aromatic nitrogens is 3. The molecule has 0 radical (unpaired) electrons. The van der Waals surface area contributed by atoms with Crippen molar-refractivity contribution in [2.45, 2.75) is 49.8 Å². The lowest BCUT2D eigenvalue weighted by Crippen LogP contribution is -2.43. The van der Waals surface area contributed by atoms with Crippen LogP contribution in [0.1, 0.15) is 35.7 Å². The molecule has 2 aliphatic rings. The maximum absolute atomic E-state index is 13.2. The summed E-state index contributed by atoms with van der Waals surface area (Å²) < 4.78 is 35.3. The minimum atomic E-state index is -3.58. The largest absolute Gasteiger partial charge is 0.369 e. The Hall–Kier alpha value is -3.08. The molecule has 0 saturated carbocycles. The first-order chi connectivity index (χ1) is 16.9. The molecule has 0 aliphatic carbocycles. The zero-order valence-electron chi connectivity index (χ0n) is 19.7. The molecule has 0 bridgehead atoms. The van der Waals surface area contributed by atoms with Crippen LogP contribution in [0.2, 0.25) is 0 Å². The monoisotopic (exact) mass is 495 g/mol. The molecule has 0 N–H and O–H groups in total. The highest BCUT2D eigenvalue weighted by atomic mass is 32.2. The Kier molecular flexibility index (Phi) is 6.68. The summed E-state index contributed by atoms with van der Waals surface area (Å²) in [5, 5.41) is 8.53. The summed E-state index contributed by atoms with van der Waals surface area (Å²) in [6.07, 6.45) is 3.37. The number of nitrogens with zero attached hydrogens (tertiary/aromatic N) is 5. The molecule has 35 heavy (non-hydrogen) atoms. The minimum Gasteiger partial charge on any atom is -0.369 e. The lowest BCUT2D eigenvalue weighted by atomic mass is 10.0. The van der Waals surface area contributed by atoms with Crippen LogP contribution in [0.3, 0.4) is 0 Å². The van der Waals surface area contributed by atoms with Gasteiger partial charge in [0, 0.05) is 12.6 Å². The van der Waals surface area contributed by atoms with Gasteiger partial charge in [-0.3, -0.25) is 9.48 Å². The molecular weight excluding hydrogens is 466 g/mol. The normalized spacial score (nSPS) is 21.5. The molecule has 184 valence electrons. The summed E-state index contributed by atoms with van der Waals surface area (Å²) in [4.78, 5) is 14.7. The van der Waals surface area contributed by atoms with Crippen LogP contribution in [-0.4, -0.2) is 64.3 Å². The van der Waals surface area contributed by atoms with E-state index in [1.807, 2.05) is 49.4 Å². The van der Waals surface area contributed by atoms with Crippen LogP contribution >= 0.6 is 0 Å². The fourth-order valence-corrected chi connectivity index (χ4v) is 6.48. The maximum Gasteiger partial charge on any atom is 0.249 e. The Balaban J connectivity index is 1.29. The SMILES string of the molecule is Cc1ccc(S(=O)(=O)N2CCC[C@H]2Cn2cc(CN3C(=O)COC[C@H]3c3ccccc3)nn2)cc1. The summed E-state index contributed by atoms with van der Waals surface area (Å²) in [5.74, 6) is -0.0918. The molecule has 10 heteroatoms. The van der Waals surface area contributed by atoms with Gasteiger partial charge >= 0.3 is 0 Å². The van der Waals surface area contributed by atoms with Gasteiger partial charge in [0.05, 0.1) is 36.8 Å². The van der Waals surface area contributed by atoms with Crippen LogP contribution in [0.5, 0.6) is 0 Å². The molecule has 2 aliphatic heterocycles. The maximum atomic E-state index is 13.2. The molecule has 2 aromatic carbocycles. The van der Waals surface area contributed by atoms with Crippen molar-refractivity contribution in [1.29, 1.82) is 0 Å². The fraction of sp³-hybridized carbons (Fsp3) is 0.400. The van der Waals surface area contributed by atoms with Crippen LogP contribution in [0.4, 0.5) is 0 Å². The smallest absolute Gasteiger partial charge is 0.249 e. The van der Waals surface area contributed by atoms with Gasteiger partial charge < -0.3 is 9.64 Å². The number of carbonyl (C=O) groups is 1. The quantitative estimate of drug-likeness (QED) is 0.500. The van der Waals surface area contributed by atoms with Gasteiger partial charge in [-0.15, -0.1) is 5.10 Å². The lowest BCUT2D eigenvalue weighted by molar-refractivity contribution is -0.149. The number of carbonyl (C=O) groups excluding carboxylic acids is 1. The van der Waals surface area contributed by atoms with Gasteiger partial charge in [0.2, 0.25) is 15.9 Å². The summed E-state index contributed by atoms with van der Waals surface area (Å²) in [5.41, 5.74) is 2.69. The third-order valence-corrected chi connectivity index (χ3v) is 8.62. The zero-order chi connectivity index (χ0) is 24.4. The van der Waals surface area contributed by atoms with Crippen molar-refractivity contribution in [3.05, 3.63) is 77.6 Å². The van der Waals surface area contributed by atoms with Crippen molar-refractivity contribution in [2.24, 2.45) is 0 Å². The number of aryl methyl sites for hydroxylation is 1. The molecule has 0 spiro atoms. The Morgan fingerprint density at radius 1 is 1.09 bits per heavy atom. The molecular formula is C25H29N5O4S. The topological polar surface area (TPSA) is 97.6 Å². The first-order valence-corrected chi connectivity index (χ1v) is 13.3. The van der Waals surface area contributed by atoms with Gasteiger partial charge in [-0.1, -0.05) is 53.2 Å². The highest BCUT2D eigenvalue weighted by Gasteiger charge is 2.36. The standard InChI is InChI=1S/C25H29N5O4S/c1-19-9-11-23(12-10-19)35(32,33)30-13-5-8-22(30)16-28-14-21(26-27-28)15-29-24(17-34-18-25(29)31)20-6-3-2-4-7-20/h2-4,6-7,9-12,14,22,24H,5,8,13,15-18H2,1H3/t22-,24-/m0/s1. The van der Waals surface area contributed by atoms with Crippen LogP contribution in [0, 0.1) is 6.92 Å². The number of sulfonamides is 1. The molecule has 1 aromatic heterocycles. The number of amides is 1. The van der Waals surface area contributed by atoms with E-state index in [0.717, 1.165) is 24.0 Å². The third kappa shape index (κ3) is 5.00. The van der Waals surface area contributed by atoms with Crippen molar-refractivity contribution < 1.29 is 17.9 Å². The van der Waals surface area contributed by atoms with E-state index in [-0.39, 0.29) is 24.6 Å². The highest BCUT2D eigenvalue weighted by Crippen LogP contribution is 2.28. The summed E-state index contributed by atoms with van der Waals surface area (Å²) >= 11 is 0. The molecule has 1 amide bonds. The molecule has 2 atom stereocenters. The molecule has 2 fully saturated rings. The Labute approximate surface area is 205 Å². The van der Waals surface area contributed by atoms with Gasteiger partial charge in [0.25, 0.3) is 0 Å². The van der Waals surface area contributed by atoms with Crippen molar-refractivity contribution >= 4 is 15.9 Å². The van der Waals surface area contributed by atoms with Gasteiger partial charge in [0.1, 0.15) is 12.3 Å². The molecule has 9 nitrogen and oxygen atoms in total. The molecule has 3 heterocycles. The lowest BCUT2D eigenvalue weighted by Gasteiger charge is -2.35. The van der Waals surface area contributed by atoms with Gasteiger partial charge in [-0.25, -0.2) is 8.42 Å². The second kappa shape index (κ2) is 9.88. The van der Waals surface area contributed by atoms with Crippen molar-refractivity contribution in [3.8, 4) is 0 Å². The predicted molar refractivity (Wildman–Crippen MR) is 129 cm³/mol. The predicted octanol–water partition coefficient (Wildman–Crippen LogP) is 2.54. The van der Waals surface area contributed by atoms with E-state index < -0.39 is 10.0 Å². The van der Waals surface area contributed by atoms with E-state index in [2.05, 4.69) is 10.3 Å². The molecule has 2 saturated heterocycles. The average molecular weight is 496 g/mol. The van der Waals surface area contributed by atoms with Gasteiger partial charge in [0.15, 0.2) is 0 Å². The van der Waals surface area contributed by atoms with Gasteiger partial charge in [-0.2, -0.15) is 4.31 Å². The van der Waals surface area contributed by atoms with E-state index in [0.29, 0.717) is 36.8 Å². The summed E-state index contributed by atoms with van der Waals surface area (Å²) in [6, 6.07) is 16.4. The van der Waals surface area contributed by atoms with E-state index in [9.17, 15) is 13.2 Å². The van der Waals surface area contributed by atoms with Gasteiger partial charge in [-0.05, 0) is 37.5 Å². The number of rotatable bonds is 7. The molecule has 3 aromatic rings. The van der Waals surface area contributed by atoms with E-state index >= 15 is 0 Å². The minimum absolute atomic E-state index is 0.0470. The number of hydrogen-bond acceptors (Lipinski definition) is 6. The first kappa shape index (κ1) is 23.7. The van der Waals surface area contributed by atoms with E-state index in [1.54, 1.807) is 32.2 Å².